The van der Waals surface area contributed by atoms with Crippen molar-refractivity contribution in [3.05, 3.63) is 30.1 Å². The molecule has 0 saturated carbocycles. The summed E-state index contributed by atoms with van der Waals surface area (Å²) in [6, 6.07) is 5.62. The summed E-state index contributed by atoms with van der Waals surface area (Å²) in [4.78, 5) is 15.9. The van der Waals surface area contributed by atoms with E-state index in [1.165, 1.54) is 7.11 Å². The number of hydrogen-bond acceptors (Lipinski definition) is 4. The van der Waals surface area contributed by atoms with Crippen LogP contribution in [0, 0.1) is 0 Å². The molecule has 0 aliphatic rings. The van der Waals surface area contributed by atoms with Crippen LogP contribution < -0.4 is 5.73 Å². The molecule has 0 amide bonds. The molecule has 1 rings (SSSR count). The predicted molar refractivity (Wildman–Crippen MR) is 66.5 cm³/mol. The van der Waals surface area contributed by atoms with Crippen LogP contribution in [0.3, 0.4) is 0 Å². The third kappa shape index (κ3) is 2.82. The molecular weight excluding hydrogens is 216 g/mol. The zero-order chi connectivity index (χ0) is 13.1. The summed E-state index contributed by atoms with van der Waals surface area (Å²) < 4.78 is 4.74. The minimum absolute atomic E-state index is 0.212. The van der Waals surface area contributed by atoms with Crippen LogP contribution >= 0.6 is 0 Å². The summed E-state index contributed by atoms with van der Waals surface area (Å²) in [7, 11) is 1.38. The van der Waals surface area contributed by atoms with Crippen LogP contribution in [-0.4, -0.2) is 23.6 Å². The number of hydrogen-bond donors (Lipinski definition) is 1. The topological polar surface area (TPSA) is 65.2 Å². The van der Waals surface area contributed by atoms with E-state index >= 15 is 0 Å². The minimum atomic E-state index is -0.574. The van der Waals surface area contributed by atoms with Crippen LogP contribution in [0.4, 0.5) is 0 Å². The molecule has 1 aromatic heterocycles. The van der Waals surface area contributed by atoms with Gasteiger partial charge in [-0.25, -0.2) is 0 Å². The number of carbonyl (C=O) groups excluding carboxylic acids is 1. The molecule has 94 valence electrons. The van der Waals surface area contributed by atoms with E-state index in [1.807, 2.05) is 39.0 Å². The Hall–Kier alpha value is -1.42. The maximum atomic E-state index is 11.5. The molecule has 0 spiro atoms. The lowest BCUT2D eigenvalue weighted by Crippen LogP contribution is -2.53. The molecule has 17 heavy (non-hydrogen) atoms. The smallest absolute Gasteiger partial charge is 0.306 e. The average molecular weight is 236 g/mol. The molecule has 0 fully saturated rings. The number of methoxy groups -OCH3 is 1. The number of nitrogens with two attached hydrogens (primary N) is 1. The lowest BCUT2D eigenvalue weighted by atomic mass is 9.68. The summed E-state index contributed by atoms with van der Waals surface area (Å²) >= 11 is 0. The van der Waals surface area contributed by atoms with Gasteiger partial charge in [-0.05, 0) is 26.0 Å². The van der Waals surface area contributed by atoms with Crippen LogP contribution in [0.5, 0.6) is 0 Å². The fourth-order valence-electron chi connectivity index (χ4n) is 1.70. The molecule has 0 bridgehead atoms. The van der Waals surface area contributed by atoms with E-state index < -0.39 is 11.0 Å². The number of rotatable bonds is 4. The highest BCUT2D eigenvalue weighted by Crippen LogP contribution is 2.35. The largest absolute Gasteiger partial charge is 0.469 e. The van der Waals surface area contributed by atoms with Crippen LogP contribution in [0.2, 0.25) is 0 Å². The molecule has 0 aliphatic carbocycles. The number of pyridine rings is 1. The average Bonchev–Trinajstić information content (AvgIpc) is 2.28. The van der Waals surface area contributed by atoms with E-state index in [9.17, 15) is 4.79 Å². The Kier molecular flexibility index (Phi) is 3.88. The van der Waals surface area contributed by atoms with E-state index in [0.717, 1.165) is 5.69 Å². The maximum Gasteiger partial charge on any atom is 0.306 e. The summed E-state index contributed by atoms with van der Waals surface area (Å²) in [6.45, 7) is 5.72. The monoisotopic (exact) mass is 236 g/mol. The normalized spacial score (nSPS) is 15.1. The number of ether oxygens (including phenoxy) is 1. The number of esters is 1. The molecule has 1 aromatic rings. The summed E-state index contributed by atoms with van der Waals surface area (Å²) in [5, 5.41) is 0. The van der Waals surface area contributed by atoms with E-state index in [1.54, 1.807) is 6.20 Å². The molecule has 1 heterocycles. The Morgan fingerprint density at radius 1 is 1.41 bits per heavy atom. The standard InChI is InChI=1S/C13H20N2O2/c1-12(2,14)13(3,9-11(16)17-4)10-7-5-6-8-15-10/h5-8H,9,14H2,1-4H3. The third-order valence-corrected chi connectivity index (χ3v) is 3.38. The summed E-state index contributed by atoms with van der Waals surface area (Å²) in [5.41, 5.74) is 5.88. The molecule has 2 N–H and O–H groups in total. The lowest BCUT2D eigenvalue weighted by molar-refractivity contribution is -0.142. The fraction of sp³-hybridized carbons (Fsp3) is 0.538. The van der Waals surface area contributed by atoms with Gasteiger partial charge in [0.15, 0.2) is 0 Å². The van der Waals surface area contributed by atoms with E-state index in [-0.39, 0.29) is 12.4 Å². The molecule has 1 unspecified atom stereocenters. The lowest BCUT2D eigenvalue weighted by Gasteiger charge is -2.40. The van der Waals surface area contributed by atoms with Gasteiger partial charge >= 0.3 is 5.97 Å². The first-order chi connectivity index (χ1) is 7.81. The highest BCUT2D eigenvalue weighted by atomic mass is 16.5. The van der Waals surface area contributed by atoms with Crippen LogP contribution in [0.15, 0.2) is 24.4 Å². The van der Waals surface area contributed by atoms with Gasteiger partial charge in [0.05, 0.1) is 13.5 Å². The number of aromatic nitrogens is 1. The maximum absolute atomic E-state index is 11.5. The van der Waals surface area contributed by atoms with Gasteiger partial charge in [0.2, 0.25) is 0 Å². The second kappa shape index (κ2) is 4.84. The van der Waals surface area contributed by atoms with Crippen LogP contribution in [0.25, 0.3) is 0 Å². The quantitative estimate of drug-likeness (QED) is 0.807. The third-order valence-electron chi connectivity index (χ3n) is 3.38. The van der Waals surface area contributed by atoms with Gasteiger partial charge in [0, 0.05) is 22.8 Å². The predicted octanol–water partition coefficient (Wildman–Crippen LogP) is 1.64. The van der Waals surface area contributed by atoms with E-state index in [2.05, 4.69) is 4.98 Å². The van der Waals surface area contributed by atoms with Crippen LogP contribution in [-0.2, 0) is 14.9 Å². The second-order valence-electron chi connectivity index (χ2n) is 5.02. The molecule has 0 saturated heterocycles. The summed E-state index contributed by atoms with van der Waals surface area (Å²) in [6.07, 6.45) is 1.92. The molecule has 4 nitrogen and oxygen atoms in total. The van der Waals surface area contributed by atoms with Gasteiger partial charge < -0.3 is 10.5 Å². The van der Waals surface area contributed by atoms with Gasteiger partial charge in [-0.2, -0.15) is 0 Å². The Morgan fingerprint density at radius 3 is 2.47 bits per heavy atom. The van der Waals surface area contributed by atoms with E-state index in [4.69, 9.17) is 10.5 Å². The van der Waals surface area contributed by atoms with Gasteiger partial charge in [-0.1, -0.05) is 13.0 Å². The van der Waals surface area contributed by atoms with Crippen molar-refractivity contribution in [3.8, 4) is 0 Å². The van der Waals surface area contributed by atoms with Gasteiger partial charge in [-0.15, -0.1) is 0 Å². The van der Waals surface area contributed by atoms with Crippen molar-refractivity contribution in [2.45, 2.75) is 38.1 Å². The minimum Gasteiger partial charge on any atom is -0.469 e. The highest BCUT2D eigenvalue weighted by molar-refractivity contribution is 5.71. The molecule has 4 heteroatoms. The first kappa shape index (κ1) is 13.6. The van der Waals surface area contributed by atoms with Crippen molar-refractivity contribution in [2.75, 3.05) is 7.11 Å². The van der Waals surface area contributed by atoms with Crippen LogP contribution in [0.1, 0.15) is 32.9 Å². The number of nitrogens with zero attached hydrogens (tertiary/aromatic N) is 1. The Bertz CT molecular complexity index is 384. The summed E-state index contributed by atoms with van der Waals surface area (Å²) in [5.74, 6) is -0.281. The van der Waals surface area contributed by atoms with Gasteiger partial charge in [0.1, 0.15) is 0 Å². The first-order valence-electron chi connectivity index (χ1n) is 5.58. The Labute approximate surface area is 102 Å². The van der Waals surface area contributed by atoms with Gasteiger partial charge in [0.25, 0.3) is 0 Å². The highest BCUT2D eigenvalue weighted by Gasteiger charge is 2.42. The molecule has 0 aromatic carbocycles. The zero-order valence-electron chi connectivity index (χ0n) is 10.9. The Balaban J connectivity index is 3.16. The second-order valence-corrected chi connectivity index (χ2v) is 5.02. The molecule has 0 radical (unpaired) electrons. The van der Waals surface area contributed by atoms with Crippen molar-refractivity contribution in [1.82, 2.24) is 4.98 Å². The van der Waals surface area contributed by atoms with Crippen molar-refractivity contribution >= 4 is 5.97 Å². The zero-order valence-corrected chi connectivity index (χ0v) is 10.9. The Morgan fingerprint density at radius 2 is 2.06 bits per heavy atom. The molecular formula is C13H20N2O2. The van der Waals surface area contributed by atoms with Crippen molar-refractivity contribution < 1.29 is 9.53 Å². The van der Waals surface area contributed by atoms with Crippen molar-refractivity contribution in [1.29, 1.82) is 0 Å². The SMILES string of the molecule is COC(=O)CC(C)(c1ccccn1)C(C)(C)N. The fourth-order valence-corrected chi connectivity index (χ4v) is 1.70. The van der Waals surface area contributed by atoms with E-state index in [0.29, 0.717) is 0 Å². The molecule has 0 aliphatic heterocycles. The first-order valence-corrected chi connectivity index (χ1v) is 5.58. The number of carbonyl (C=O) groups is 1. The van der Waals surface area contributed by atoms with Crippen molar-refractivity contribution in [3.63, 3.8) is 0 Å². The van der Waals surface area contributed by atoms with Gasteiger partial charge in [-0.3, -0.25) is 9.78 Å². The van der Waals surface area contributed by atoms with Crippen molar-refractivity contribution in [2.24, 2.45) is 5.73 Å². The molecule has 1 atom stereocenters.